The molecule has 1 aliphatic carbocycles. The van der Waals surface area contributed by atoms with Crippen molar-refractivity contribution < 1.29 is 14.4 Å². The number of pyridine rings is 1. The van der Waals surface area contributed by atoms with Gasteiger partial charge in [0, 0.05) is 49.6 Å². The fraction of sp³-hybridized carbons (Fsp3) is 0.355. The average molecular weight is 526 g/mol. The maximum atomic E-state index is 13.3. The number of carbonyl (C=O) groups is 3. The minimum Gasteiger partial charge on any atom is -0.380 e. The van der Waals surface area contributed by atoms with Crippen LogP contribution < -0.4 is 11.1 Å². The number of benzene rings is 2. The third-order valence-electron chi connectivity index (χ3n) is 7.67. The second-order valence-corrected chi connectivity index (χ2v) is 10.4. The topological polar surface area (TPSA) is 109 Å². The molecule has 3 N–H and O–H groups in total. The Kier molecular flexibility index (Phi) is 8.20. The number of nitrogens with one attached hydrogen (secondary N) is 1. The first kappa shape index (κ1) is 26.4. The second-order valence-electron chi connectivity index (χ2n) is 10.4. The van der Waals surface area contributed by atoms with Crippen LogP contribution in [-0.2, 0) is 17.8 Å². The van der Waals surface area contributed by atoms with Crippen LogP contribution in [0.1, 0.15) is 69.6 Å². The molecule has 0 spiro atoms. The van der Waals surface area contributed by atoms with Crippen molar-refractivity contribution in [2.45, 2.75) is 51.1 Å². The van der Waals surface area contributed by atoms with Gasteiger partial charge in [-0.2, -0.15) is 0 Å². The van der Waals surface area contributed by atoms with E-state index in [9.17, 15) is 14.4 Å². The second kappa shape index (κ2) is 12.1. The highest BCUT2D eigenvalue weighted by Crippen LogP contribution is 2.25. The average Bonchev–Trinajstić information content (AvgIpc) is 2.96. The third-order valence-corrected chi connectivity index (χ3v) is 7.67. The largest absolute Gasteiger partial charge is 0.380 e. The standard InChI is InChI=1S/C31H35N5O3/c32-30(38)27-20-33-25(18-28(27)34-19-22-8-3-1-4-9-22)17-23-10-7-11-24(16-23)31(39)35-14-15-36(29(37)21-35)26-12-5-2-6-13-26/h1,3-4,7-11,16,18,20,26H,2,5-6,12-15,17,19,21H2,(H2,32,38)(H,33,34). The van der Waals surface area contributed by atoms with E-state index in [-0.39, 0.29) is 18.4 Å². The summed E-state index contributed by atoms with van der Waals surface area (Å²) in [6.07, 6.45) is 7.71. The molecular formula is C31H35N5O3. The van der Waals surface area contributed by atoms with Crippen LogP contribution in [0.3, 0.4) is 0 Å². The molecule has 0 unspecified atom stereocenters. The fourth-order valence-electron chi connectivity index (χ4n) is 5.58. The van der Waals surface area contributed by atoms with E-state index in [1.54, 1.807) is 11.0 Å². The molecule has 39 heavy (non-hydrogen) atoms. The van der Waals surface area contributed by atoms with Crippen molar-refractivity contribution in [3.05, 3.63) is 94.8 Å². The Morgan fingerprint density at radius 2 is 1.72 bits per heavy atom. The molecule has 0 atom stereocenters. The van der Waals surface area contributed by atoms with Gasteiger partial charge in [-0.05, 0) is 42.2 Å². The molecular weight excluding hydrogens is 490 g/mol. The van der Waals surface area contributed by atoms with Crippen molar-refractivity contribution in [1.29, 1.82) is 0 Å². The summed E-state index contributed by atoms with van der Waals surface area (Å²) in [6, 6.07) is 19.5. The van der Waals surface area contributed by atoms with Gasteiger partial charge >= 0.3 is 0 Å². The Balaban J connectivity index is 1.26. The number of aromatic nitrogens is 1. The van der Waals surface area contributed by atoms with E-state index in [1.807, 2.05) is 59.5 Å². The van der Waals surface area contributed by atoms with Crippen molar-refractivity contribution >= 4 is 23.4 Å². The molecule has 202 valence electrons. The number of rotatable bonds is 8. The maximum Gasteiger partial charge on any atom is 0.254 e. The third kappa shape index (κ3) is 6.45. The molecule has 2 aromatic carbocycles. The lowest BCUT2D eigenvalue weighted by atomic mass is 9.93. The molecule has 0 radical (unpaired) electrons. The van der Waals surface area contributed by atoms with Gasteiger partial charge in [-0.15, -0.1) is 0 Å². The minimum absolute atomic E-state index is 0.0481. The van der Waals surface area contributed by atoms with E-state index in [1.165, 1.54) is 25.5 Å². The van der Waals surface area contributed by atoms with E-state index >= 15 is 0 Å². The Morgan fingerprint density at radius 3 is 2.46 bits per heavy atom. The molecule has 2 heterocycles. The zero-order chi connectivity index (χ0) is 27.2. The number of nitrogens with zero attached hydrogens (tertiary/aromatic N) is 3. The number of piperazine rings is 1. The van der Waals surface area contributed by atoms with Crippen molar-refractivity contribution in [2.24, 2.45) is 5.73 Å². The van der Waals surface area contributed by atoms with Gasteiger partial charge in [-0.25, -0.2) is 0 Å². The van der Waals surface area contributed by atoms with Gasteiger partial charge in [0.2, 0.25) is 5.91 Å². The first-order valence-corrected chi connectivity index (χ1v) is 13.7. The number of amides is 3. The van der Waals surface area contributed by atoms with Gasteiger partial charge in [0.25, 0.3) is 11.8 Å². The van der Waals surface area contributed by atoms with Gasteiger partial charge in [0.15, 0.2) is 0 Å². The molecule has 8 nitrogen and oxygen atoms in total. The van der Waals surface area contributed by atoms with Crippen LogP contribution in [0.25, 0.3) is 0 Å². The lowest BCUT2D eigenvalue weighted by Crippen LogP contribution is -2.55. The zero-order valence-electron chi connectivity index (χ0n) is 22.1. The summed E-state index contributed by atoms with van der Waals surface area (Å²) in [5.41, 5.74) is 9.84. The molecule has 3 aromatic rings. The number of primary amides is 1. The highest BCUT2D eigenvalue weighted by Gasteiger charge is 2.32. The highest BCUT2D eigenvalue weighted by molar-refractivity contribution is 5.98. The van der Waals surface area contributed by atoms with E-state index in [0.29, 0.717) is 48.9 Å². The van der Waals surface area contributed by atoms with E-state index in [2.05, 4.69) is 10.3 Å². The quantitative estimate of drug-likeness (QED) is 0.462. The lowest BCUT2D eigenvalue weighted by molar-refractivity contribution is -0.138. The van der Waals surface area contributed by atoms with Gasteiger partial charge in [-0.1, -0.05) is 61.7 Å². The molecule has 0 bridgehead atoms. The Hall–Kier alpha value is -4.20. The number of carbonyl (C=O) groups excluding carboxylic acids is 3. The summed E-state index contributed by atoms with van der Waals surface area (Å²) in [7, 11) is 0. The van der Waals surface area contributed by atoms with Crippen LogP contribution in [0.4, 0.5) is 5.69 Å². The number of nitrogens with two attached hydrogens (primary N) is 1. The zero-order valence-corrected chi connectivity index (χ0v) is 22.1. The lowest BCUT2D eigenvalue weighted by Gasteiger charge is -2.40. The molecule has 3 amide bonds. The van der Waals surface area contributed by atoms with Crippen molar-refractivity contribution in [3.8, 4) is 0 Å². The van der Waals surface area contributed by atoms with Crippen LogP contribution >= 0.6 is 0 Å². The summed E-state index contributed by atoms with van der Waals surface area (Å²) in [4.78, 5) is 46.3. The molecule has 5 rings (SSSR count). The predicted molar refractivity (Wildman–Crippen MR) is 150 cm³/mol. The monoisotopic (exact) mass is 525 g/mol. The smallest absolute Gasteiger partial charge is 0.254 e. The number of hydrogen-bond donors (Lipinski definition) is 2. The highest BCUT2D eigenvalue weighted by atomic mass is 16.2. The summed E-state index contributed by atoms with van der Waals surface area (Å²) < 4.78 is 0. The van der Waals surface area contributed by atoms with Gasteiger partial charge in [-0.3, -0.25) is 19.4 Å². The Bertz CT molecular complexity index is 1340. The molecule has 8 heteroatoms. The van der Waals surface area contributed by atoms with Crippen LogP contribution in [0.2, 0.25) is 0 Å². The summed E-state index contributed by atoms with van der Waals surface area (Å²) in [5, 5.41) is 3.30. The summed E-state index contributed by atoms with van der Waals surface area (Å²) in [6.45, 7) is 1.83. The van der Waals surface area contributed by atoms with Gasteiger partial charge in [0.1, 0.15) is 6.54 Å². The number of hydrogen-bond acceptors (Lipinski definition) is 5. The molecule has 1 saturated carbocycles. The van der Waals surface area contributed by atoms with E-state index in [0.717, 1.165) is 29.7 Å². The molecule has 2 aliphatic rings. The maximum absolute atomic E-state index is 13.3. The first-order valence-electron chi connectivity index (χ1n) is 13.7. The molecule has 1 aliphatic heterocycles. The molecule has 1 aromatic heterocycles. The van der Waals surface area contributed by atoms with Crippen LogP contribution in [0.15, 0.2) is 66.9 Å². The van der Waals surface area contributed by atoms with E-state index in [4.69, 9.17) is 5.73 Å². The van der Waals surface area contributed by atoms with E-state index < -0.39 is 5.91 Å². The van der Waals surface area contributed by atoms with Crippen LogP contribution in [0.5, 0.6) is 0 Å². The SMILES string of the molecule is NC(=O)c1cnc(Cc2cccc(C(=O)N3CCN(C4CCCCC4)C(=O)C3)c2)cc1NCc1ccccc1. The summed E-state index contributed by atoms with van der Waals surface area (Å²) in [5.74, 6) is -0.627. The van der Waals surface area contributed by atoms with Crippen molar-refractivity contribution in [2.75, 3.05) is 25.0 Å². The first-order chi connectivity index (χ1) is 19.0. The van der Waals surface area contributed by atoms with Gasteiger partial charge < -0.3 is 20.9 Å². The van der Waals surface area contributed by atoms with Gasteiger partial charge in [0.05, 0.1) is 11.3 Å². The van der Waals surface area contributed by atoms with Crippen LogP contribution in [-0.4, -0.2) is 58.2 Å². The predicted octanol–water partition coefficient (Wildman–Crippen LogP) is 4.00. The van der Waals surface area contributed by atoms with Crippen molar-refractivity contribution in [3.63, 3.8) is 0 Å². The molecule has 1 saturated heterocycles. The minimum atomic E-state index is -0.546. The fourth-order valence-corrected chi connectivity index (χ4v) is 5.58. The Morgan fingerprint density at radius 1 is 0.949 bits per heavy atom. The van der Waals surface area contributed by atoms with Crippen LogP contribution in [0, 0.1) is 0 Å². The number of anilines is 1. The molecule has 2 fully saturated rings. The normalized spacial score (nSPS) is 16.3. The van der Waals surface area contributed by atoms with Crippen molar-refractivity contribution in [1.82, 2.24) is 14.8 Å². The Labute approximate surface area is 229 Å². The summed E-state index contributed by atoms with van der Waals surface area (Å²) >= 11 is 0.